The first-order valence-corrected chi connectivity index (χ1v) is 6.76. The van der Waals surface area contributed by atoms with Crippen molar-refractivity contribution >= 4 is 0 Å². The number of hydrogen-bond acceptors (Lipinski definition) is 2. The van der Waals surface area contributed by atoms with Gasteiger partial charge in [-0.2, -0.15) is 0 Å². The van der Waals surface area contributed by atoms with Gasteiger partial charge in [-0.3, -0.25) is 0 Å². The summed E-state index contributed by atoms with van der Waals surface area (Å²) in [5, 5.41) is 0. The van der Waals surface area contributed by atoms with Crippen molar-refractivity contribution in [3.63, 3.8) is 0 Å². The van der Waals surface area contributed by atoms with Crippen LogP contribution in [0.25, 0.3) is 0 Å². The van der Waals surface area contributed by atoms with Gasteiger partial charge in [-0.1, -0.05) is 42.5 Å². The number of ether oxygens (including phenoxy) is 2. The molecule has 1 aromatic carbocycles. The molecular weight excluding hydrogens is 224 g/mol. The molecule has 0 radical (unpaired) electrons. The van der Waals surface area contributed by atoms with Crippen molar-refractivity contribution in [2.45, 2.75) is 39.1 Å². The van der Waals surface area contributed by atoms with Crippen LogP contribution in [0, 0.1) is 5.92 Å². The average molecular weight is 246 g/mol. The summed E-state index contributed by atoms with van der Waals surface area (Å²) < 4.78 is 11.4. The quantitative estimate of drug-likeness (QED) is 0.559. The van der Waals surface area contributed by atoms with E-state index in [0.717, 1.165) is 13.0 Å². The van der Waals surface area contributed by atoms with Crippen LogP contribution in [0.3, 0.4) is 0 Å². The highest BCUT2D eigenvalue weighted by Gasteiger charge is 2.12. The minimum atomic E-state index is -0.129. The lowest BCUT2D eigenvalue weighted by Crippen LogP contribution is -2.19. The minimum absolute atomic E-state index is 0.129. The topological polar surface area (TPSA) is 18.5 Å². The number of hydrogen-bond donors (Lipinski definition) is 0. The molecule has 0 spiro atoms. The van der Waals surface area contributed by atoms with E-state index >= 15 is 0 Å². The molecule has 0 heterocycles. The maximum absolute atomic E-state index is 5.75. The van der Waals surface area contributed by atoms with Gasteiger partial charge in [0, 0.05) is 0 Å². The zero-order chi connectivity index (χ0) is 12.6. The van der Waals surface area contributed by atoms with Gasteiger partial charge in [0.05, 0.1) is 13.2 Å². The number of allylic oxidation sites excluding steroid dienone is 2. The molecule has 0 saturated heterocycles. The van der Waals surface area contributed by atoms with Gasteiger partial charge in [0.2, 0.25) is 0 Å². The summed E-state index contributed by atoms with van der Waals surface area (Å²) in [4.78, 5) is 0. The van der Waals surface area contributed by atoms with E-state index in [1.54, 1.807) is 0 Å². The Kier molecular flexibility index (Phi) is 5.43. The van der Waals surface area contributed by atoms with Crippen molar-refractivity contribution in [2.75, 3.05) is 6.61 Å². The minimum Gasteiger partial charge on any atom is -0.353 e. The first kappa shape index (κ1) is 13.3. The standard InChI is InChI=1S/C16H22O2/c1-14(17-12-15-8-4-2-5-9-15)18-13-16-10-6-3-7-11-16/h2-6,8-9,14,16H,7,10-13H2,1H3. The van der Waals surface area contributed by atoms with Crippen LogP contribution in [-0.2, 0) is 16.1 Å². The van der Waals surface area contributed by atoms with E-state index in [4.69, 9.17) is 9.47 Å². The lowest BCUT2D eigenvalue weighted by atomic mass is 9.95. The molecule has 0 fully saturated rings. The number of rotatable bonds is 6. The third-order valence-electron chi connectivity index (χ3n) is 3.27. The maximum Gasteiger partial charge on any atom is 0.155 e. The molecule has 2 nitrogen and oxygen atoms in total. The second kappa shape index (κ2) is 7.34. The lowest BCUT2D eigenvalue weighted by molar-refractivity contribution is -0.145. The van der Waals surface area contributed by atoms with E-state index in [2.05, 4.69) is 24.3 Å². The Morgan fingerprint density at radius 1 is 1.17 bits per heavy atom. The van der Waals surface area contributed by atoms with Gasteiger partial charge in [0.15, 0.2) is 6.29 Å². The molecule has 18 heavy (non-hydrogen) atoms. The zero-order valence-electron chi connectivity index (χ0n) is 11.0. The van der Waals surface area contributed by atoms with E-state index in [0.29, 0.717) is 12.5 Å². The van der Waals surface area contributed by atoms with Crippen molar-refractivity contribution in [2.24, 2.45) is 5.92 Å². The second-order valence-electron chi connectivity index (χ2n) is 4.85. The second-order valence-corrected chi connectivity index (χ2v) is 4.85. The van der Waals surface area contributed by atoms with Crippen LogP contribution in [0.2, 0.25) is 0 Å². The van der Waals surface area contributed by atoms with Crippen molar-refractivity contribution < 1.29 is 9.47 Å². The molecular formula is C16H22O2. The van der Waals surface area contributed by atoms with E-state index in [1.165, 1.54) is 18.4 Å². The Hall–Kier alpha value is -1.12. The van der Waals surface area contributed by atoms with Gasteiger partial charge in [-0.25, -0.2) is 0 Å². The molecule has 98 valence electrons. The van der Waals surface area contributed by atoms with Crippen molar-refractivity contribution in [1.29, 1.82) is 0 Å². The molecule has 0 saturated carbocycles. The molecule has 0 amide bonds. The molecule has 0 aliphatic heterocycles. The van der Waals surface area contributed by atoms with Gasteiger partial charge in [-0.15, -0.1) is 0 Å². The van der Waals surface area contributed by atoms with Gasteiger partial charge < -0.3 is 9.47 Å². The summed E-state index contributed by atoms with van der Waals surface area (Å²) in [7, 11) is 0. The Morgan fingerprint density at radius 3 is 2.72 bits per heavy atom. The molecule has 0 bridgehead atoms. The van der Waals surface area contributed by atoms with Crippen molar-refractivity contribution in [3.05, 3.63) is 48.0 Å². The van der Waals surface area contributed by atoms with Gasteiger partial charge in [0.1, 0.15) is 0 Å². The molecule has 2 rings (SSSR count). The summed E-state index contributed by atoms with van der Waals surface area (Å²) in [6.07, 6.45) is 7.95. The van der Waals surface area contributed by atoms with Crippen LogP contribution in [0.15, 0.2) is 42.5 Å². The molecule has 1 aromatic rings. The van der Waals surface area contributed by atoms with Gasteiger partial charge in [0.25, 0.3) is 0 Å². The molecule has 2 atom stereocenters. The van der Waals surface area contributed by atoms with Crippen molar-refractivity contribution in [3.8, 4) is 0 Å². The van der Waals surface area contributed by atoms with E-state index in [-0.39, 0.29) is 6.29 Å². The first-order valence-electron chi connectivity index (χ1n) is 6.76. The first-order chi connectivity index (χ1) is 8.84. The largest absolute Gasteiger partial charge is 0.353 e. The summed E-state index contributed by atoms with van der Waals surface area (Å²) in [6.45, 7) is 3.40. The monoisotopic (exact) mass is 246 g/mol. The smallest absolute Gasteiger partial charge is 0.155 e. The summed E-state index contributed by atoms with van der Waals surface area (Å²) in [5.41, 5.74) is 1.19. The number of benzene rings is 1. The Bertz CT molecular complexity index is 359. The van der Waals surface area contributed by atoms with Gasteiger partial charge >= 0.3 is 0 Å². The van der Waals surface area contributed by atoms with Crippen LogP contribution < -0.4 is 0 Å². The summed E-state index contributed by atoms with van der Waals surface area (Å²) in [6, 6.07) is 10.2. The normalized spacial score (nSPS) is 20.8. The highest BCUT2D eigenvalue weighted by Crippen LogP contribution is 2.19. The van der Waals surface area contributed by atoms with Crippen LogP contribution in [-0.4, -0.2) is 12.9 Å². The van der Waals surface area contributed by atoms with Crippen LogP contribution in [0.1, 0.15) is 31.7 Å². The Balaban J connectivity index is 1.63. The zero-order valence-corrected chi connectivity index (χ0v) is 11.0. The molecule has 2 unspecified atom stereocenters. The third-order valence-corrected chi connectivity index (χ3v) is 3.27. The molecule has 0 N–H and O–H groups in total. The predicted octanol–water partition coefficient (Wildman–Crippen LogP) is 3.92. The summed E-state index contributed by atoms with van der Waals surface area (Å²) in [5.74, 6) is 0.665. The molecule has 1 aliphatic rings. The predicted molar refractivity (Wildman–Crippen MR) is 73.1 cm³/mol. The van der Waals surface area contributed by atoms with E-state index in [1.807, 2.05) is 25.1 Å². The SMILES string of the molecule is CC(OCc1ccccc1)OCC1CC=CCC1. The third kappa shape index (κ3) is 4.63. The van der Waals surface area contributed by atoms with Crippen LogP contribution in [0.4, 0.5) is 0 Å². The van der Waals surface area contributed by atoms with Crippen LogP contribution in [0.5, 0.6) is 0 Å². The lowest BCUT2D eigenvalue weighted by Gasteiger charge is -2.21. The molecule has 2 heteroatoms. The van der Waals surface area contributed by atoms with Gasteiger partial charge in [-0.05, 0) is 37.7 Å². The fraction of sp³-hybridized carbons (Fsp3) is 0.500. The highest BCUT2D eigenvalue weighted by atomic mass is 16.7. The Labute approximate surface area is 110 Å². The van der Waals surface area contributed by atoms with Crippen LogP contribution >= 0.6 is 0 Å². The summed E-state index contributed by atoms with van der Waals surface area (Å²) >= 11 is 0. The Morgan fingerprint density at radius 2 is 2.00 bits per heavy atom. The fourth-order valence-electron chi connectivity index (χ4n) is 2.12. The van der Waals surface area contributed by atoms with E-state index < -0.39 is 0 Å². The highest BCUT2D eigenvalue weighted by molar-refractivity contribution is 5.13. The van der Waals surface area contributed by atoms with Crippen molar-refractivity contribution in [1.82, 2.24) is 0 Å². The average Bonchev–Trinajstić information content (AvgIpc) is 2.45. The molecule has 1 aliphatic carbocycles. The van der Waals surface area contributed by atoms with E-state index in [9.17, 15) is 0 Å². The fourth-order valence-corrected chi connectivity index (χ4v) is 2.12. The maximum atomic E-state index is 5.75. The molecule has 0 aromatic heterocycles.